The van der Waals surface area contributed by atoms with Crippen molar-refractivity contribution in [2.24, 2.45) is 5.92 Å². The zero-order valence-electron chi connectivity index (χ0n) is 12.4. The van der Waals surface area contributed by atoms with Gasteiger partial charge in [0.05, 0.1) is 23.2 Å². The van der Waals surface area contributed by atoms with Gasteiger partial charge in [0.1, 0.15) is 7.60 Å². The van der Waals surface area contributed by atoms with Crippen molar-refractivity contribution in [3.8, 4) is 0 Å². The molecule has 3 unspecified atom stereocenters. The number of hydrogen-bond acceptors (Lipinski definition) is 10. The number of amides is 1. The van der Waals surface area contributed by atoms with Gasteiger partial charge in [0.2, 0.25) is 5.91 Å². The van der Waals surface area contributed by atoms with Crippen LogP contribution in [0, 0.1) is 5.92 Å². The summed E-state index contributed by atoms with van der Waals surface area (Å²) in [6.45, 7) is 2.28. The minimum Gasteiger partial charge on any atom is -0.790 e. The van der Waals surface area contributed by atoms with Crippen LogP contribution in [0.4, 0.5) is 0 Å². The molecule has 0 aliphatic carbocycles. The van der Waals surface area contributed by atoms with E-state index in [4.69, 9.17) is 0 Å². The monoisotopic (exact) mass is 393 g/mol. The van der Waals surface area contributed by atoms with E-state index < -0.39 is 55.3 Å². The van der Waals surface area contributed by atoms with Crippen LogP contribution in [0.3, 0.4) is 0 Å². The average molecular weight is 393 g/mol. The number of phosphoric acid groups is 1. The first kappa shape index (κ1) is 22.7. The van der Waals surface area contributed by atoms with Crippen molar-refractivity contribution in [3.05, 3.63) is 0 Å². The summed E-state index contributed by atoms with van der Waals surface area (Å²) in [6, 6.07) is 0. The maximum Gasteiger partial charge on any atom is 0.222 e. The first-order chi connectivity index (χ1) is 10.2. The molecule has 0 aromatic rings. The highest BCUT2D eigenvalue weighted by Crippen LogP contribution is 2.48. The Labute approximate surface area is 134 Å². The summed E-state index contributed by atoms with van der Waals surface area (Å²) in [7, 11) is -15.2. The van der Waals surface area contributed by atoms with Gasteiger partial charge in [0.15, 0.2) is 0 Å². The fourth-order valence-corrected chi connectivity index (χ4v) is 4.54. The van der Waals surface area contributed by atoms with Crippen LogP contribution in [0.1, 0.15) is 26.7 Å². The fraction of sp³-hybridized carbons (Fsp3) is 0.889. The van der Waals surface area contributed by atoms with Crippen LogP contribution >= 0.6 is 15.4 Å². The van der Waals surface area contributed by atoms with Crippen molar-refractivity contribution in [2.45, 2.75) is 31.9 Å². The Hall–Kier alpha value is -0.320. The Morgan fingerprint density at radius 2 is 1.78 bits per heavy atom. The van der Waals surface area contributed by atoms with Crippen LogP contribution in [-0.2, 0) is 28.4 Å². The van der Waals surface area contributed by atoms with E-state index in [0.29, 0.717) is 0 Å². The highest BCUT2D eigenvalue weighted by Gasteiger charge is 2.22. The third-order valence-corrected chi connectivity index (χ3v) is 6.75. The van der Waals surface area contributed by atoms with Crippen molar-refractivity contribution in [1.29, 1.82) is 0 Å². The van der Waals surface area contributed by atoms with E-state index >= 15 is 0 Å². The lowest BCUT2D eigenvalue weighted by molar-refractivity contribution is -0.337. The quantitative estimate of drug-likeness (QED) is 0.315. The van der Waals surface area contributed by atoms with Gasteiger partial charge in [-0.1, -0.05) is 13.8 Å². The van der Waals surface area contributed by atoms with Crippen LogP contribution in [0.15, 0.2) is 0 Å². The highest BCUT2D eigenvalue weighted by molar-refractivity contribution is 7.86. The topological polar surface area (TPSA) is 199 Å². The molecule has 0 fully saturated rings. The molecule has 0 aromatic heterocycles. The molecule has 0 rings (SSSR count). The van der Waals surface area contributed by atoms with Gasteiger partial charge in [0, 0.05) is 18.6 Å². The summed E-state index contributed by atoms with van der Waals surface area (Å²) >= 11 is 0. The maximum atomic E-state index is 11.7. The predicted octanol–water partition coefficient (Wildman–Crippen LogP) is -2.15. The Bertz CT molecular complexity index is 599. The second kappa shape index (κ2) is 8.68. The highest BCUT2D eigenvalue weighted by atomic mass is 32.2. The number of carbonyl (C=O) groups is 1. The zero-order chi connectivity index (χ0) is 18.5. The minimum absolute atomic E-state index is 0.0232. The first-order valence-electron chi connectivity index (χ1n) is 6.44. The van der Waals surface area contributed by atoms with E-state index in [0.717, 1.165) is 0 Å². The molecule has 11 nitrogen and oxygen atoms in total. The molecule has 0 aliphatic heterocycles. The van der Waals surface area contributed by atoms with E-state index in [1.807, 2.05) is 0 Å². The molecule has 0 aliphatic rings. The lowest BCUT2D eigenvalue weighted by Crippen LogP contribution is -2.35. The molecule has 0 saturated carbocycles. The normalized spacial score (nSPS) is 18.0. The Morgan fingerprint density at radius 1 is 1.26 bits per heavy atom. The summed E-state index contributed by atoms with van der Waals surface area (Å²) in [6.07, 6.45) is -1.15. The molecule has 0 heterocycles. The van der Waals surface area contributed by atoms with Crippen molar-refractivity contribution < 1.29 is 45.9 Å². The van der Waals surface area contributed by atoms with E-state index in [9.17, 15) is 41.6 Å². The Kier molecular flexibility index (Phi) is 8.56. The molecule has 3 atom stereocenters. The molecule has 23 heavy (non-hydrogen) atoms. The van der Waals surface area contributed by atoms with E-state index in [2.05, 4.69) is 9.63 Å². The van der Waals surface area contributed by atoms with Crippen molar-refractivity contribution in [3.63, 3.8) is 0 Å². The van der Waals surface area contributed by atoms with Gasteiger partial charge in [-0.2, -0.15) is 0 Å². The average Bonchev–Trinajstić information content (AvgIpc) is 2.30. The molecule has 0 aromatic carbocycles. The second-order valence-electron chi connectivity index (χ2n) is 4.81. The van der Waals surface area contributed by atoms with Crippen molar-refractivity contribution >= 4 is 31.4 Å². The van der Waals surface area contributed by atoms with Gasteiger partial charge >= 0.3 is 0 Å². The number of hydrogen-bond donors (Lipinski definition) is 1. The summed E-state index contributed by atoms with van der Waals surface area (Å²) in [5, 5.41) is 0.877. The van der Waals surface area contributed by atoms with Crippen LogP contribution < -0.4 is 20.0 Å². The third-order valence-electron chi connectivity index (χ3n) is 2.84. The van der Waals surface area contributed by atoms with E-state index in [-0.39, 0.29) is 12.8 Å². The van der Waals surface area contributed by atoms with Crippen molar-refractivity contribution in [2.75, 3.05) is 12.7 Å². The molecule has 0 bridgehead atoms. The first-order valence-corrected chi connectivity index (χ1v) is 11.1. The zero-order valence-corrected chi connectivity index (χ0v) is 15.0. The molecule has 0 spiro atoms. The van der Waals surface area contributed by atoms with E-state index in [1.54, 1.807) is 0 Å². The molecule has 138 valence electrons. The smallest absolute Gasteiger partial charge is 0.222 e. The Morgan fingerprint density at radius 3 is 2.17 bits per heavy atom. The van der Waals surface area contributed by atoms with Crippen LogP contribution in [0.2, 0.25) is 0 Å². The SMILES string of the molecule is CCC(CC(C)C(=O)NCCP(=O)([O-])OP(=O)([O-])[O-])S(=O)(=O)[O-]. The van der Waals surface area contributed by atoms with Gasteiger partial charge in [-0.3, -0.25) is 4.79 Å². The molecule has 0 saturated heterocycles. The second-order valence-corrected chi connectivity index (χ2v) is 9.68. The lowest BCUT2D eigenvalue weighted by Gasteiger charge is -2.36. The predicted molar refractivity (Wildman–Crippen MR) is 71.7 cm³/mol. The van der Waals surface area contributed by atoms with E-state index in [1.165, 1.54) is 13.8 Å². The van der Waals surface area contributed by atoms with Gasteiger partial charge in [0.25, 0.3) is 0 Å². The minimum atomic E-state index is -5.70. The third kappa shape index (κ3) is 10.2. The fourth-order valence-electron chi connectivity index (χ4n) is 1.67. The summed E-state index contributed by atoms with van der Waals surface area (Å²) in [5.74, 6) is -1.61. The molecule has 0 radical (unpaired) electrons. The molecular formula is C9H17NO10P2S-4. The van der Waals surface area contributed by atoms with Crippen LogP contribution in [0.5, 0.6) is 0 Å². The molecule has 1 amide bonds. The summed E-state index contributed by atoms with van der Waals surface area (Å²) in [5.41, 5.74) is 0. The maximum absolute atomic E-state index is 11.7. The number of rotatable bonds is 10. The standard InChI is InChI=1S/C9H21NO10P2S/c1-3-8(23(17,18)19)6-7(2)9(11)10-4-5-21(12,13)20-22(14,15)16/h7-8H,3-6H2,1-2H3,(H,10,11)(H,12,13)(H2,14,15,16)(H,17,18,19)/p-4. The largest absolute Gasteiger partial charge is 0.790 e. The number of carbonyl (C=O) groups excluding carboxylic acids is 1. The van der Waals surface area contributed by atoms with Crippen molar-refractivity contribution in [1.82, 2.24) is 5.32 Å². The molecule has 1 N–H and O–H groups in total. The van der Waals surface area contributed by atoms with Gasteiger partial charge in [-0.05, 0) is 12.8 Å². The van der Waals surface area contributed by atoms with Gasteiger partial charge < -0.3 is 38.0 Å². The van der Waals surface area contributed by atoms with Gasteiger partial charge in [-0.25, -0.2) is 8.42 Å². The molecular weight excluding hydrogens is 376 g/mol. The van der Waals surface area contributed by atoms with Crippen LogP contribution in [-0.4, -0.2) is 36.8 Å². The Balaban J connectivity index is 4.45. The summed E-state index contributed by atoms with van der Waals surface area (Å²) in [4.78, 5) is 43.2. The summed E-state index contributed by atoms with van der Waals surface area (Å²) < 4.78 is 57.5. The number of nitrogens with one attached hydrogen (secondary N) is 1. The molecule has 14 heteroatoms. The van der Waals surface area contributed by atoms with Crippen LogP contribution in [0.25, 0.3) is 0 Å². The van der Waals surface area contributed by atoms with Gasteiger partial charge in [-0.15, -0.1) is 0 Å². The lowest BCUT2D eigenvalue weighted by atomic mass is 10.0.